The van der Waals surface area contributed by atoms with E-state index in [-0.39, 0.29) is 19.6 Å². The molecule has 1 aliphatic heterocycles. The number of nitrogens with zero attached hydrogens (tertiary/aromatic N) is 1. The Hall–Kier alpha value is -4.12. The summed E-state index contributed by atoms with van der Waals surface area (Å²) in [6, 6.07) is 14.6. The molecule has 12 heteroatoms. The molecule has 0 aliphatic carbocycles. The number of methoxy groups -OCH3 is 1. The molecule has 1 heterocycles. The molecule has 4 rings (SSSR count). The van der Waals surface area contributed by atoms with Crippen molar-refractivity contribution in [1.82, 2.24) is 0 Å². The summed E-state index contributed by atoms with van der Waals surface area (Å²) < 4.78 is 53.6. The molecule has 8 nitrogen and oxygen atoms in total. The largest absolute Gasteiger partial charge is 0.573 e. The van der Waals surface area contributed by atoms with Crippen LogP contribution in [0.5, 0.6) is 17.2 Å². The van der Waals surface area contributed by atoms with Crippen molar-refractivity contribution in [3.8, 4) is 17.2 Å². The molecular formula is C28H26ClF3N2O6. The number of carboxylic acid groups (broad SMARTS) is 1. The normalized spacial score (nSPS) is 13.4. The number of hydrogen-bond acceptors (Lipinski definition) is 6. The van der Waals surface area contributed by atoms with Crippen molar-refractivity contribution >= 4 is 34.9 Å². The third-order valence-corrected chi connectivity index (χ3v) is 6.38. The van der Waals surface area contributed by atoms with Gasteiger partial charge in [-0.2, -0.15) is 0 Å². The summed E-state index contributed by atoms with van der Waals surface area (Å²) in [4.78, 5) is 26.2. The number of halogens is 4. The van der Waals surface area contributed by atoms with E-state index < -0.39 is 30.0 Å². The molecule has 3 aromatic rings. The molecule has 2 N–H and O–H groups in total. The van der Waals surface area contributed by atoms with Gasteiger partial charge in [0.1, 0.15) is 23.3 Å². The first-order valence-corrected chi connectivity index (χ1v) is 12.7. The minimum Gasteiger partial charge on any atom is -0.497 e. The Kier molecular flexibility index (Phi) is 8.93. The summed E-state index contributed by atoms with van der Waals surface area (Å²) in [5.74, 6) is -0.922. The number of carboxylic acids is 1. The zero-order chi connectivity index (χ0) is 28.9. The molecule has 0 saturated heterocycles. The lowest BCUT2D eigenvalue weighted by molar-refractivity contribution is -0.274. The van der Waals surface area contributed by atoms with Crippen molar-refractivity contribution < 1.29 is 42.1 Å². The number of rotatable bonds is 11. The highest BCUT2D eigenvalue weighted by Crippen LogP contribution is 2.37. The topological polar surface area (TPSA) is 97.3 Å². The summed E-state index contributed by atoms with van der Waals surface area (Å²) in [6.45, 7) is 0.427. The molecule has 1 atom stereocenters. The van der Waals surface area contributed by atoms with E-state index in [0.29, 0.717) is 46.3 Å². The summed E-state index contributed by atoms with van der Waals surface area (Å²) in [5.41, 5.74) is 2.09. The number of carbonyl (C=O) groups excluding carboxylic acids is 1. The van der Waals surface area contributed by atoms with Gasteiger partial charge in [0.2, 0.25) is 0 Å². The van der Waals surface area contributed by atoms with Gasteiger partial charge in [-0.05, 0) is 42.2 Å². The van der Waals surface area contributed by atoms with E-state index in [1.807, 2.05) is 0 Å². The molecule has 0 spiro atoms. The Morgan fingerprint density at radius 1 is 1.05 bits per heavy atom. The van der Waals surface area contributed by atoms with Crippen molar-refractivity contribution in [3.63, 3.8) is 0 Å². The summed E-state index contributed by atoms with van der Waals surface area (Å²) in [7, 11) is 1.47. The number of fused-ring (bicyclic) bond motifs is 1. The maximum absolute atomic E-state index is 14.0. The highest BCUT2D eigenvalue weighted by Gasteiger charge is 2.34. The van der Waals surface area contributed by atoms with Crippen LogP contribution in [0, 0.1) is 0 Å². The van der Waals surface area contributed by atoms with Crippen LogP contribution in [-0.2, 0) is 16.0 Å². The quantitative estimate of drug-likeness (QED) is 0.260. The number of alkyl halides is 3. The molecule has 0 aromatic heterocycles. The van der Waals surface area contributed by atoms with Gasteiger partial charge in [0, 0.05) is 47.9 Å². The Labute approximate surface area is 233 Å². The molecule has 0 bridgehead atoms. The molecule has 0 fully saturated rings. The number of nitrogens with one attached hydrogen (secondary N) is 1. The van der Waals surface area contributed by atoms with Gasteiger partial charge in [0.15, 0.2) is 0 Å². The number of anilines is 2. The second-order valence-corrected chi connectivity index (χ2v) is 9.39. The van der Waals surface area contributed by atoms with Gasteiger partial charge in [-0.25, -0.2) is 0 Å². The van der Waals surface area contributed by atoms with Crippen molar-refractivity contribution in [2.75, 3.05) is 30.5 Å². The lowest BCUT2D eigenvalue weighted by atomic mass is 10.0. The second-order valence-electron chi connectivity index (χ2n) is 8.95. The van der Waals surface area contributed by atoms with Crippen LogP contribution in [0.15, 0.2) is 60.7 Å². The first-order chi connectivity index (χ1) is 19.0. The standard InChI is InChI=1S/C28H26ClF3N2O6/c1-38-22-13-20(14-23(15-22)39-12-2-3-25(35)36)33-26(18-4-7-19(29)8-5-18)27(37)34-11-10-17-6-9-21(16-24(17)34)40-28(30,31)32/h4-9,13-16,26,33H,2-3,10-12H2,1H3,(H,35,36)/t26-/m0/s1. The number of aliphatic carboxylic acids is 1. The number of amides is 1. The summed E-state index contributed by atoms with van der Waals surface area (Å²) >= 11 is 6.07. The predicted molar refractivity (Wildman–Crippen MR) is 142 cm³/mol. The van der Waals surface area contributed by atoms with Gasteiger partial charge < -0.3 is 29.5 Å². The van der Waals surface area contributed by atoms with Gasteiger partial charge in [0.25, 0.3) is 5.91 Å². The molecule has 0 saturated carbocycles. The Bertz CT molecular complexity index is 1370. The fourth-order valence-corrected chi connectivity index (χ4v) is 4.45. The number of carbonyl (C=O) groups is 2. The van der Waals surface area contributed by atoms with Crippen molar-refractivity contribution in [2.45, 2.75) is 31.7 Å². The third kappa shape index (κ3) is 7.50. The lowest BCUT2D eigenvalue weighted by Gasteiger charge is -2.26. The van der Waals surface area contributed by atoms with Crippen LogP contribution in [0.2, 0.25) is 5.02 Å². The van der Waals surface area contributed by atoms with Crippen LogP contribution in [0.4, 0.5) is 24.5 Å². The molecule has 3 aromatic carbocycles. The summed E-state index contributed by atoms with van der Waals surface area (Å²) in [5, 5.41) is 12.5. The van der Waals surface area contributed by atoms with Crippen LogP contribution >= 0.6 is 11.6 Å². The molecule has 1 aliphatic rings. The zero-order valence-electron chi connectivity index (χ0n) is 21.3. The maximum atomic E-state index is 14.0. The van der Waals surface area contributed by atoms with Gasteiger partial charge in [-0.1, -0.05) is 29.8 Å². The van der Waals surface area contributed by atoms with E-state index in [2.05, 4.69) is 10.1 Å². The minimum atomic E-state index is -4.87. The fraction of sp³-hybridized carbons (Fsp3) is 0.286. The zero-order valence-corrected chi connectivity index (χ0v) is 22.1. The molecule has 40 heavy (non-hydrogen) atoms. The molecule has 1 amide bonds. The van der Waals surface area contributed by atoms with Crippen molar-refractivity contribution in [1.29, 1.82) is 0 Å². The van der Waals surface area contributed by atoms with Crippen LogP contribution in [-0.4, -0.2) is 43.6 Å². The third-order valence-electron chi connectivity index (χ3n) is 6.13. The highest BCUT2D eigenvalue weighted by atomic mass is 35.5. The first-order valence-electron chi connectivity index (χ1n) is 12.3. The second kappa shape index (κ2) is 12.4. The average Bonchev–Trinajstić information content (AvgIpc) is 3.32. The van der Waals surface area contributed by atoms with E-state index in [0.717, 1.165) is 5.56 Å². The Morgan fingerprint density at radius 3 is 2.45 bits per heavy atom. The smallest absolute Gasteiger partial charge is 0.497 e. The Balaban J connectivity index is 1.63. The monoisotopic (exact) mass is 578 g/mol. The van der Waals surface area contributed by atoms with Crippen LogP contribution in [0.3, 0.4) is 0 Å². The predicted octanol–water partition coefficient (Wildman–Crippen LogP) is 6.23. The molecule has 212 valence electrons. The van der Waals surface area contributed by atoms with Crippen molar-refractivity contribution in [3.05, 3.63) is 76.8 Å². The molecular weight excluding hydrogens is 553 g/mol. The van der Waals surface area contributed by atoms with Crippen molar-refractivity contribution in [2.24, 2.45) is 0 Å². The lowest BCUT2D eigenvalue weighted by Crippen LogP contribution is -2.37. The van der Waals surface area contributed by atoms with E-state index in [9.17, 15) is 22.8 Å². The highest BCUT2D eigenvalue weighted by molar-refractivity contribution is 6.30. The molecule has 0 unspecified atom stereocenters. The first kappa shape index (κ1) is 28.9. The summed E-state index contributed by atoms with van der Waals surface area (Å²) in [6.07, 6.45) is -4.14. The maximum Gasteiger partial charge on any atom is 0.573 e. The van der Waals surface area contributed by atoms with E-state index in [1.165, 1.54) is 30.2 Å². The van der Waals surface area contributed by atoms with E-state index >= 15 is 0 Å². The number of benzene rings is 3. The van der Waals surface area contributed by atoms with Crippen LogP contribution < -0.4 is 24.4 Å². The Morgan fingerprint density at radius 2 is 1.77 bits per heavy atom. The minimum absolute atomic E-state index is 0.0464. The number of ether oxygens (including phenoxy) is 3. The van der Waals surface area contributed by atoms with Gasteiger partial charge in [-0.3, -0.25) is 9.59 Å². The van der Waals surface area contributed by atoms with Crippen LogP contribution in [0.25, 0.3) is 0 Å². The fourth-order valence-electron chi connectivity index (χ4n) is 4.32. The number of hydrogen-bond donors (Lipinski definition) is 2. The average molecular weight is 579 g/mol. The molecule has 0 radical (unpaired) electrons. The van der Waals surface area contributed by atoms with E-state index in [1.54, 1.807) is 42.5 Å². The van der Waals surface area contributed by atoms with Gasteiger partial charge in [-0.15, -0.1) is 13.2 Å². The van der Waals surface area contributed by atoms with Gasteiger partial charge >= 0.3 is 12.3 Å². The SMILES string of the molecule is COc1cc(N[C@H](C(=O)N2CCc3ccc(OC(F)(F)F)cc32)c2ccc(Cl)cc2)cc(OCCCC(=O)O)c1. The van der Waals surface area contributed by atoms with Gasteiger partial charge in [0.05, 0.1) is 19.4 Å². The van der Waals surface area contributed by atoms with E-state index in [4.69, 9.17) is 26.2 Å². The van der Waals surface area contributed by atoms with Crippen LogP contribution in [0.1, 0.15) is 30.0 Å².